The number of cyclic esters (lactones) is 1. The van der Waals surface area contributed by atoms with Crippen molar-refractivity contribution in [2.75, 3.05) is 23.4 Å². The number of nitrogens with one attached hydrogen (secondary N) is 2. The van der Waals surface area contributed by atoms with Crippen molar-refractivity contribution in [1.29, 1.82) is 0 Å². The van der Waals surface area contributed by atoms with Gasteiger partial charge in [0.05, 0.1) is 17.8 Å². The Balaban J connectivity index is 1.42. The van der Waals surface area contributed by atoms with Crippen LogP contribution in [0.15, 0.2) is 36.4 Å². The van der Waals surface area contributed by atoms with E-state index in [9.17, 15) is 18.0 Å². The van der Waals surface area contributed by atoms with Crippen molar-refractivity contribution in [3.05, 3.63) is 58.7 Å². The van der Waals surface area contributed by atoms with E-state index < -0.39 is 21.2 Å². The number of fused-ring (bicyclic) bond motifs is 1. The van der Waals surface area contributed by atoms with E-state index in [1.165, 1.54) is 0 Å². The topological polar surface area (TPSA) is 105 Å². The molecule has 2 aliphatic heterocycles. The minimum atomic E-state index is -3.60. The first-order chi connectivity index (χ1) is 16.0. The minimum absolute atomic E-state index is 0.0102. The number of anilines is 2. The number of carbonyl (C=O) groups excluding carboxylic acids is 2. The van der Waals surface area contributed by atoms with Crippen LogP contribution in [-0.4, -0.2) is 38.8 Å². The fourth-order valence-corrected chi connectivity index (χ4v) is 6.17. The molecule has 5 rings (SSSR count). The molecule has 0 aromatic heterocycles. The lowest BCUT2D eigenvalue weighted by Crippen LogP contribution is -2.35. The zero-order valence-electron chi connectivity index (χ0n) is 19.6. The summed E-state index contributed by atoms with van der Waals surface area (Å²) in [5.74, 6) is -0.589. The standard InChI is InChI=1S/C25H29N3O5S/c1-15-4-6-17(28-10-11-33-24(28)30)13-19(15)22-14-25(2,3)20-12-16(5-9-21(20)26-22)23(29)27-34(31,32)18-7-8-18/h4-6,9,12-13,18,22,26H,7-8,10-11,14H2,1-3H3,(H,27,29). The van der Waals surface area contributed by atoms with E-state index in [4.69, 9.17) is 4.74 Å². The molecule has 1 saturated carbocycles. The average Bonchev–Trinajstić information content (AvgIpc) is 3.56. The van der Waals surface area contributed by atoms with Crippen LogP contribution in [0.25, 0.3) is 0 Å². The molecule has 0 radical (unpaired) electrons. The number of amides is 2. The van der Waals surface area contributed by atoms with E-state index in [-0.39, 0.29) is 17.6 Å². The molecule has 8 nitrogen and oxygen atoms in total. The third-order valence-corrected chi connectivity index (χ3v) is 8.78. The molecule has 9 heteroatoms. The smallest absolute Gasteiger partial charge is 0.414 e. The molecule has 2 heterocycles. The minimum Gasteiger partial charge on any atom is -0.447 e. The Hall–Kier alpha value is -3.07. The van der Waals surface area contributed by atoms with Gasteiger partial charge in [-0.15, -0.1) is 0 Å². The second-order valence-electron chi connectivity index (χ2n) is 10.0. The Morgan fingerprint density at radius 1 is 1.18 bits per heavy atom. The van der Waals surface area contributed by atoms with Crippen molar-refractivity contribution >= 4 is 33.4 Å². The van der Waals surface area contributed by atoms with Gasteiger partial charge in [0.25, 0.3) is 5.91 Å². The first-order valence-electron chi connectivity index (χ1n) is 11.6. The Labute approximate surface area is 199 Å². The number of aryl methyl sites for hydroxylation is 1. The monoisotopic (exact) mass is 483 g/mol. The molecule has 3 aliphatic rings. The van der Waals surface area contributed by atoms with Crippen molar-refractivity contribution in [2.45, 2.75) is 56.7 Å². The van der Waals surface area contributed by atoms with Gasteiger partial charge in [-0.25, -0.2) is 17.9 Å². The Kier molecular flexibility index (Phi) is 5.35. The van der Waals surface area contributed by atoms with Crippen molar-refractivity contribution in [1.82, 2.24) is 4.72 Å². The molecule has 0 spiro atoms. The van der Waals surface area contributed by atoms with E-state index in [0.29, 0.717) is 31.6 Å². The lowest BCUT2D eigenvalue weighted by molar-refractivity contribution is 0.0981. The highest BCUT2D eigenvalue weighted by molar-refractivity contribution is 7.91. The van der Waals surface area contributed by atoms with Gasteiger partial charge in [-0.3, -0.25) is 9.69 Å². The van der Waals surface area contributed by atoms with E-state index >= 15 is 0 Å². The predicted octanol–water partition coefficient (Wildman–Crippen LogP) is 4.01. The highest BCUT2D eigenvalue weighted by Crippen LogP contribution is 2.45. The third-order valence-electron chi connectivity index (χ3n) is 6.96. The van der Waals surface area contributed by atoms with Crippen LogP contribution in [0.2, 0.25) is 0 Å². The van der Waals surface area contributed by atoms with Gasteiger partial charge in [0.1, 0.15) is 6.61 Å². The summed E-state index contributed by atoms with van der Waals surface area (Å²) in [6, 6.07) is 11.3. The number of nitrogens with zero attached hydrogens (tertiary/aromatic N) is 1. The molecule has 34 heavy (non-hydrogen) atoms. The molecular formula is C25H29N3O5S. The molecule has 2 amide bonds. The largest absolute Gasteiger partial charge is 0.447 e. The number of ether oxygens (including phenoxy) is 1. The lowest BCUT2D eigenvalue weighted by atomic mass is 9.73. The van der Waals surface area contributed by atoms with E-state index in [0.717, 1.165) is 34.5 Å². The molecule has 2 aromatic rings. The van der Waals surface area contributed by atoms with Crippen LogP contribution in [0.4, 0.5) is 16.2 Å². The third kappa shape index (κ3) is 4.13. The molecule has 2 fully saturated rings. The lowest BCUT2D eigenvalue weighted by Gasteiger charge is -2.39. The van der Waals surface area contributed by atoms with Crippen molar-refractivity contribution in [3.8, 4) is 0 Å². The molecule has 0 bridgehead atoms. The molecule has 1 saturated heterocycles. The summed E-state index contributed by atoms with van der Waals surface area (Å²) in [7, 11) is -3.60. The molecule has 2 aromatic carbocycles. The first-order valence-corrected chi connectivity index (χ1v) is 13.1. The van der Waals surface area contributed by atoms with Gasteiger partial charge in [-0.1, -0.05) is 19.9 Å². The van der Waals surface area contributed by atoms with Gasteiger partial charge in [-0.2, -0.15) is 0 Å². The summed E-state index contributed by atoms with van der Waals surface area (Å²) in [5, 5.41) is 3.15. The predicted molar refractivity (Wildman–Crippen MR) is 130 cm³/mol. The van der Waals surface area contributed by atoms with Gasteiger partial charge in [0, 0.05) is 16.9 Å². The number of rotatable bonds is 5. The second-order valence-corrected chi connectivity index (χ2v) is 12.0. The van der Waals surface area contributed by atoms with Crippen LogP contribution in [-0.2, 0) is 20.2 Å². The Bertz CT molecular complexity index is 1280. The molecule has 1 unspecified atom stereocenters. The van der Waals surface area contributed by atoms with Crippen molar-refractivity contribution < 1.29 is 22.7 Å². The summed E-state index contributed by atoms with van der Waals surface area (Å²) < 4.78 is 31.7. The van der Waals surface area contributed by atoms with E-state index in [2.05, 4.69) is 30.8 Å². The normalized spacial score (nSPS) is 21.4. The number of hydrogen-bond donors (Lipinski definition) is 2. The summed E-state index contributed by atoms with van der Waals surface area (Å²) in [6.07, 6.45) is 1.64. The maximum atomic E-state index is 12.7. The Morgan fingerprint density at radius 3 is 2.62 bits per heavy atom. The fourth-order valence-electron chi connectivity index (χ4n) is 4.87. The van der Waals surface area contributed by atoms with Gasteiger partial charge >= 0.3 is 6.09 Å². The Morgan fingerprint density at radius 2 is 1.94 bits per heavy atom. The van der Waals surface area contributed by atoms with Crippen LogP contribution >= 0.6 is 0 Å². The fraction of sp³-hybridized carbons (Fsp3) is 0.440. The molecule has 180 valence electrons. The highest BCUT2D eigenvalue weighted by atomic mass is 32.2. The molecule has 1 aliphatic carbocycles. The summed E-state index contributed by atoms with van der Waals surface area (Å²) in [5.41, 5.74) is 4.98. The summed E-state index contributed by atoms with van der Waals surface area (Å²) in [4.78, 5) is 26.3. The van der Waals surface area contributed by atoms with Crippen LogP contribution in [0.3, 0.4) is 0 Å². The maximum absolute atomic E-state index is 12.7. The van der Waals surface area contributed by atoms with Gasteiger partial charge < -0.3 is 10.1 Å². The highest BCUT2D eigenvalue weighted by Gasteiger charge is 2.38. The number of benzene rings is 2. The SMILES string of the molecule is Cc1ccc(N2CCOC2=O)cc1C1CC(C)(C)c2cc(C(=O)NS(=O)(=O)C3CC3)ccc2N1. The van der Waals surface area contributed by atoms with Crippen molar-refractivity contribution in [2.24, 2.45) is 0 Å². The maximum Gasteiger partial charge on any atom is 0.414 e. The van der Waals surface area contributed by atoms with Gasteiger partial charge in [0.15, 0.2) is 0 Å². The molecule has 2 N–H and O–H groups in total. The summed E-state index contributed by atoms with van der Waals surface area (Å²) in [6.45, 7) is 7.23. The van der Waals surface area contributed by atoms with Gasteiger partial charge in [0.2, 0.25) is 10.0 Å². The number of sulfonamides is 1. The van der Waals surface area contributed by atoms with Crippen LogP contribution < -0.4 is 14.9 Å². The quantitative estimate of drug-likeness (QED) is 0.666. The zero-order chi connectivity index (χ0) is 24.3. The van der Waals surface area contributed by atoms with Crippen LogP contribution in [0, 0.1) is 6.92 Å². The molecular weight excluding hydrogens is 454 g/mol. The summed E-state index contributed by atoms with van der Waals surface area (Å²) >= 11 is 0. The molecule has 1 atom stereocenters. The van der Waals surface area contributed by atoms with Crippen LogP contribution in [0.1, 0.15) is 66.2 Å². The van der Waals surface area contributed by atoms with Gasteiger partial charge in [-0.05, 0) is 78.6 Å². The van der Waals surface area contributed by atoms with E-state index in [1.807, 2.05) is 24.3 Å². The first kappa shape index (κ1) is 22.7. The second kappa shape index (κ2) is 8.01. The zero-order valence-corrected chi connectivity index (χ0v) is 20.4. The van der Waals surface area contributed by atoms with Crippen molar-refractivity contribution in [3.63, 3.8) is 0 Å². The average molecular weight is 484 g/mol. The van der Waals surface area contributed by atoms with Crippen LogP contribution in [0.5, 0.6) is 0 Å². The number of carbonyl (C=O) groups is 2. The van der Waals surface area contributed by atoms with E-state index in [1.54, 1.807) is 17.0 Å². The number of hydrogen-bond acceptors (Lipinski definition) is 6.